The molecular weight excluding hydrogens is 455 g/mol. The standard InChI is InChI=1S/C25H25FN4O3S/c26-20-11-13-21(14-12-20)34(32,33)29-22-5-1-3-18-4-2-16-30(24(18)22)23(31)15-8-17-6-9-19(10-7-17)25(27)28/h1,3,5-7,9-14,29H,2,4,8,15-16H2,(H3,27,28). The number of halogens is 1. The Balaban J connectivity index is 1.55. The number of nitrogens with two attached hydrogens (primary N) is 1. The summed E-state index contributed by atoms with van der Waals surface area (Å²) in [6, 6.07) is 17.1. The van der Waals surface area contributed by atoms with Gasteiger partial charge in [-0.2, -0.15) is 0 Å². The number of sulfonamides is 1. The van der Waals surface area contributed by atoms with Crippen LogP contribution in [0.3, 0.4) is 0 Å². The number of hydrogen-bond donors (Lipinski definition) is 3. The largest absolute Gasteiger partial charge is 0.384 e. The van der Waals surface area contributed by atoms with Crippen LogP contribution in [0.2, 0.25) is 0 Å². The first-order valence-corrected chi connectivity index (χ1v) is 12.4. The van der Waals surface area contributed by atoms with Crippen molar-refractivity contribution in [2.75, 3.05) is 16.2 Å². The van der Waals surface area contributed by atoms with Gasteiger partial charge >= 0.3 is 0 Å². The van der Waals surface area contributed by atoms with Gasteiger partial charge in [0.1, 0.15) is 11.7 Å². The molecule has 0 fully saturated rings. The van der Waals surface area contributed by atoms with Crippen LogP contribution in [0, 0.1) is 11.2 Å². The molecule has 0 spiro atoms. The maximum absolute atomic E-state index is 13.2. The molecule has 3 aromatic carbocycles. The minimum absolute atomic E-state index is 0.0110. The van der Waals surface area contributed by atoms with Gasteiger partial charge in [-0.05, 0) is 60.7 Å². The van der Waals surface area contributed by atoms with E-state index in [-0.39, 0.29) is 23.1 Å². The van der Waals surface area contributed by atoms with Crippen LogP contribution in [0.5, 0.6) is 0 Å². The Hall–Kier alpha value is -3.72. The first-order chi connectivity index (χ1) is 16.2. The van der Waals surface area contributed by atoms with E-state index in [9.17, 15) is 17.6 Å². The molecule has 0 radical (unpaired) electrons. The molecule has 0 aromatic heterocycles. The predicted molar refractivity (Wildman–Crippen MR) is 130 cm³/mol. The Bertz CT molecular complexity index is 1320. The molecule has 0 unspecified atom stereocenters. The average molecular weight is 481 g/mol. The molecule has 1 heterocycles. The first kappa shape index (κ1) is 23.4. The summed E-state index contributed by atoms with van der Waals surface area (Å²) in [5.41, 5.74) is 8.84. The number of fused-ring (bicyclic) bond motifs is 1. The fourth-order valence-electron chi connectivity index (χ4n) is 4.04. The lowest BCUT2D eigenvalue weighted by atomic mass is 9.99. The van der Waals surface area contributed by atoms with Gasteiger partial charge in [0.2, 0.25) is 5.91 Å². The molecule has 4 rings (SSSR count). The third-order valence-electron chi connectivity index (χ3n) is 5.78. The average Bonchev–Trinajstić information content (AvgIpc) is 2.82. The zero-order valence-corrected chi connectivity index (χ0v) is 19.2. The van der Waals surface area contributed by atoms with Crippen molar-refractivity contribution in [2.45, 2.75) is 30.6 Å². The van der Waals surface area contributed by atoms with Gasteiger partial charge in [-0.1, -0.05) is 36.4 Å². The molecule has 4 N–H and O–H groups in total. The van der Waals surface area contributed by atoms with Crippen LogP contribution in [0.25, 0.3) is 0 Å². The molecule has 7 nitrogen and oxygen atoms in total. The van der Waals surface area contributed by atoms with E-state index in [0.717, 1.165) is 36.1 Å². The molecule has 0 saturated heterocycles. The summed E-state index contributed by atoms with van der Waals surface area (Å²) in [5, 5.41) is 7.48. The molecule has 0 atom stereocenters. The summed E-state index contributed by atoms with van der Waals surface area (Å²) in [7, 11) is -3.96. The molecule has 34 heavy (non-hydrogen) atoms. The van der Waals surface area contributed by atoms with E-state index in [1.807, 2.05) is 18.2 Å². The zero-order chi connectivity index (χ0) is 24.3. The summed E-state index contributed by atoms with van der Waals surface area (Å²) in [6.45, 7) is 0.490. The van der Waals surface area contributed by atoms with Gasteiger partial charge in [0.25, 0.3) is 10.0 Å². The normalized spacial score (nSPS) is 13.3. The number of rotatable bonds is 7. The summed E-state index contributed by atoms with van der Waals surface area (Å²) < 4.78 is 41.6. The molecule has 1 amide bonds. The van der Waals surface area contributed by atoms with Crippen LogP contribution < -0.4 is 15.4 Å². The van der Waals surface area contributed by atoms with Gasteiger partial charge in [0, 0.05) is 18.5 Å². The molecule has 0 bridgehead atoms. The van der Waals surface area contributed by atoms with Crippen LogP contribution in [-0.2, 0) is 27.7 Å². The minimum atomic E-state index is -3.96. The molecule has 1 aliphatic rings. The maximum atomic E-state index is 13.2. The number of anilines is 2. The van der Waals surface area contributed by atoms with E-state index in [1.165, 1.54) is 12.1 Å². The van der Waals surface area contributed by atoms with Crippen molar-refractivity contribution in [1.82, 2.24) is 0 Å². The first-order valence-electron chi connectivity index (χ1n) is 10.9. The van der Waals surface area contributed by atoms with Crippen molar-refractivity contribution in [2.24, 2.45) is 5.73 Å². The molecule has 3 aromatic rings. The number of carbonyl (C=O) groups is 1. The van der Waals surface area contributed by atoms with Crippen LogP contribution in [0.1, 0.15) is 29.5 Å². The number of amides is 1. The van der Waals surface area contributed by atoms with Gasteiger partial charge in [-0.25, -0.2) is 12.8 Å². The molecular formula is C25H25FN4O3S. The summed E-state index contributed by atoms with van der Waals surface area (Å²) >= 11 is 0. The van der Waals surface area contributed by atoms with E-state index >= 15 is 0 Å². The number of hydrogen-bond acceptors (Lipinski definition) is 4. The van der Waals surface area contributed by atoms with Gasteiger partial charge in [0.05, 0.1) is 16.3 Å². The van der Waals surface area contributed by atoms with Crippen molar-refractivity contribution in [1.29, 1.82) is 5.41 Å². The summed E-state index contributed by atoms with van der Waals surface area (Å²) in [6.07, 6.45) is 2.27. The lowest BCUT2D eigenvalue weighted by molar-refractivity contribution is -0.118. The van der Waals surface area contributed by atoms with E-state index in [4.69, 9.17) is 11.1 Å². The highest BCUT2D eigenvalue weighted by Crippen LogP contribution is 2.36. The Labute approximate surface area is 198 Å². The fourth-order valence-corrected chi connectivity index (χ4v) is 5.10. The van der Waals surface area contributed by atoms with Gasteiger partial charge < -0.3 is 10.6 Å². The fraction of sp³-hybridized carbons (Fsp3) is 0.200. The molecule has 0 aliphatic carbocycles. The SMILES string of the molecule is N=C(N)c1ccc(CCC(=O)N2CCCc3cccc(NS(=O)(=O)c4ccc(F)cc4)c32)cc1. The predicted octanol–water partition coefficient (Wildman–Crippen LogP) is 3.82. The number of nitrogen functional groups attached to an aromatic ring is 1. The quantitative estimate of drug-likeness (QED) is 0.352. The highest BCUT2D eigenvalue weighted by atomic mass is 32.2. The van der Waals surface area contributed by atoms with Gasteiger partial charge in [-0.3, -0.25) is 14.9 Å². The van der Waals surface area contributed by atoms with Crippen molar-refractivity contribution < 1.29 is 17.6 Å². The smallest absolute Gasteiger partial charge is 0.261 e. The third-order valence-corrected chi connectivity index (χ3v) is 7.16. The van der Waals surface area contributed by atoms with E-state index < -0.39 is 15.8 Å². The lowest BCUT2D eigenvalue weighted by Gasteiger charge is -2.32. The monoisotopic (exact) mass is 480 g/mol. The third kappa shape index (κ3) is 5.09. The molecule has 176 valence electrons. The van der Waals surface area contributed by atoms with Crippen molar-refractivity contribution >= 4 is 33.1 Å². The molecule has 1 aliphatic heterocycles. The Kier molecular flexibility index (Phi) is 6.65. The Morgan fingerprint density at radius 2 is 1.76 bits per heavy atom. The van der Waals surface area contributed by atoms with Crippen molar-refractivity contribution in [3.63, 3.8) is 0 Å². The highest BCUT2D eigenvalue weighted by molar-refractivity contribution is 7.92. The summed E-state index contributed by atoms with van der Waals surface area (Å²) in [4.78, 5) is 14.8. The summed E-state index contributed by atoms with van der Waals surface area (Å²) in [5.74, 6) is -0.642. The number of carbonyl (C=O) groups excluding carboxylic acids is 1. The highest BCUT2D eigenvalue weighted by Gasteiger charge is 2.27. The number of nitrogens with one attached hydrogen (secondary N) is 2. The second kappa shape index (κ2) is 9.64. The Morgan fingerprint density at radius 1 is 1.06 bits per heavy atom. The number of para-hydroxylation sites is 1. The number of aryl methyl sites for hydroxylation is 2. The minimum Gasteiger partial charge on any atom is -0.384 e. The van der Waals surface area contributed by atoms with E-state index in [2.05, 4.69) is 4.72 Å². The lowest BCUT2D eigenvalue weighted by Crippen LogP contribution is -2.36. The van der Waals surface area contributed by atoms with Crippen LogP contribution in [0.4, 0.5) is 15.8 Å². The number of amidine groups is 1. The van der Waals surface area contributed by atoms with E-state index in [0.29, 0.717) is 29.9 Å². The Morgan fingerprint density at radius 3 is 2.44 bits per heavy atom. The topological polar surface area (TPSA) is 116 Å². The van der Waals surface area contributed by atoms with Crippen molar-refractivity contribution in [3.8, 4) is 0 Å². The van der Waals surface area contributed by atoms with E-state index in [1.54, 1.807) is 29.2 Å². The van der Waals surface area contributed by atoms with Crippen LogP contribution in [0.15, 0.2) is 71.6 Å². The molecule has 0 saturated carbocycles. The van der Waals surface area contributed by atoms with Crippen LogP contribution >= 0.6 is 0 Å². The van der Waals surface area contributed by atoms with Gasteiger partial charge in [-0.15, -0.1) is 0 Å². The van der Waals surface area contributed by atoms with Crippen molar-refractivity contribution in [3.05, 3.63) is 89.2 Å². The number of benzene rings is 3. The second-order valence-corrected chi connectivity index (χ2v) is 9.81. The van der Waals surface area contributed by atoms with Gasteiger partial charge in [0.15, 0.2) is 0 Å². The zero-order valence-electron chi connectivity index (χ0n) is 18.4. The second-order valence-electron chi connectivity index (χ2n) is 8.13. The molecule has 9 heteroatoms. The van der Waals surface area contributed by atoms with Crippen LogP contribution in [-0.4, -0.2) is 26.7 Å². The number of nitrogens with zero attached hydrogens (tertiary/aromatic N) is 1. The maximum Gasteiger partial charge on any atom is 0.261 e.